The van der Waals surface area contributed by atoms with Gasteiger partial charge in [-0.2, -0.15) is 0 Å². The maximum Gasteiger partial charge on any atom is 0.326 e. The highest BCUT2D eigenvalue weighted by Crippen LogP contribution is 2.21. The van der Waals surface area contributed by atoms with Crippen molar-refractivity contribution < 1.29 is 13.9 Å². The zero-order chi connectivity index (χ0) is 15.7. The molecular formula is C15H26N2O3S. The molecule has 0 fully saturated rings. The predicted molar refractivity (Wildman–Crippen MR) is 84.4 cm³/mol. The number of thioether (sulfide) groups is 1. The summed E-state index contributed by atoms with van der Waals surface area (Å²) < 4.78 is 10.4. The lowest BCUT2D eigenvalue weighted by Crippen LogP contribution is -2.53. The fraction of sp³-hybridized carbons (Fsp3) is 0.733. The van der Waals surface area contributed by atoms with E-state index in [-0.39, 0.29) is 12.0 Å². The van der Waals surface area contributed by atoms with E-state index in [2.05, 4.69) is 10.3 Å². The smallest absolute Gasteiger partial charge is 0.326 e. The highest BCUT2D eigenvalue weighted by molar-refractivity contribution is 7.99. The van der Waals surface area contributed by atoms with Crippen molar-refractivity contribution in [1.29, 1.82) is 0 Å². The molecule has 0 aliphatic carbocycles. The van der Waals surface area contributed by atoms with E-state index in [9.17, 15) is 4.79 Å². The first-order valence-corrected chi connectivity index (χ1v) is 8.43. The molecule has 1 aromatic heterocycles. The van der Waals surface area contributed by atoms with E-state index >= 15 is 0 Å². The van der Waals surface area contributed by atoms with Crippen LogP contribution in [0.2, 0.25) is 0 Å². The average Bonchev–Trinajstić information content (AvgIpc) is 2.91. The third-order valence-electron chi connectivity index (χ3n) is 3.04. The molecule has 0 spiro atoms. The van der Waals surface area contributed by atoms with Gasteiger partial charge in [-0.3, -0.25) is 10.1 Å². The summed E-state index contributed by atoms with van der Waals surface area (Å²) in [5, 5.41) is 4.03. The zero-order valence-corrected chi connectivity index (χ0v) is 14.2. The predicted octanol–water partition coefficient (Wildman–Crippen LogP) is 3.26. The number of esters is 1. The van der Waals surface area contributed by atoms with Gasteiger partial charge in [0.1, 0.15) is 11.8 Å². The van der Waals surface area contributed by atoms with Crippen molar-refractivity contribution in [3.8, 4) is 0 Å². The van der Waals surface area contributed by atoms with Gasteiger partial charge in [-0.1, -0.05) is 18.2 Å². The molecule has 0 amide bonds. The maximum atomic E-state index is 12.1. The zero-order valence-electron chi connectivity index (χ0n) is 13.3. The van der Waals surface area contributed by atoms with E-state index < -0.39 is 5.54 Å². The topological polar surface area (TPSA) is 64.4 Å². The van der Waals surface area contributed by atoms with Crippen molar-refractivity contribution in [1.82, 2.24) is 10.3 Å². The van der Waals surface area contributed by atoms with Crippen LogP contribution < -0.4 is 5.32 Å². The van der Waals surface area contributed by atoms with Crippen LogP contribution in [0.1, 0.15) is 47.0 Å². The van der Waals surface area contributed by atoms with Crippen LogP contribution in [0.3, 0.4) is 0 Å². The SMILES string of the molecule is CCOC(=O)C(C)(CCCCSc1ncco1)NC(C)C. The van der Waals surface area contributed by atoms with Gasteiger partial charge < -0.3 is 9.15 Å². The van der Waals surface area contributed by atoms with Gasteiger partial charge in [0.05, 0.1) is 12.8 Å². The average molecular weight is 314 g/mol. The number of ether oxygens (including phenoxy) is 1. The molecule has 0 aliphatic heterocycles. The second-order valence-corrected chi connectivity index (χ2v) is 6.50. The number of aromatic nitrogens is 1. The normalized spacial score (nSPS) is 14.1. The third kappa shape index (κ3) is 6.52. The molecule has 6 heteroatoms. The van der Waals surface area contributed by atoms with Crippen LogP contribution in [-0.4, -0.2) is 34.9 Å². The van der Waals surface area contributed by atoms with Crippen molar-refractivity contribution >= 4 is 17.7 Å². The molecule has 1 rings (SSSR count). The second kappa shape index (κ2) is 9.10. The first-order valence-electron chi connectivity index (χ1n) is 7.45. The van der Waals surface area contributed by atoms with Crippen LogP contribution in [0.5, 0.6) is 0 Å². The van der Waals surface area contributed by atoms with Crippen LogP contribution in [0, 0.1) is 0 Å². The molecule has 1 unspecified atom stereocenters. The molecule has 0 radical (unpaired) electrons. The summed E-state index contributed by atoms with van der Waals surface area (Å²) in [5.74, 6) is 0.764. The van der Waals surface area contributed by atoms with Gasteiger partial charge in [-0.05, 0) is 40.5 Å². The lowest BCUT2D eigenvalue weighted by Gasteiger charge is -2.30. The fourth-order valence-electron chi connectivity index (χ4n) is 2.18. The number of rotatable bonds is 10. The van der Waals surface area contributed by atoms with E-state index in [1.54, 1.807) is 24.2 Å². The largest absolute Gasteiger partial charge is 0.465 e. The van der Waals surface area contributed by atoms with E-state index in [0.717, 1.165) is 25.0 Å². The first-order chi connectivity index (χ1) is 9.98. The second-order valence-electron chi connectivity index (χ2n) is 5.46. The molecule has 1 aromatic rings. The molecule has 5 nitrogen and oxygen atoms in total. The number of hydrogen-bond donors (Lipinski definition) is 1. The quantitative estimate of drug-likeness (QED) is 0.406. The number of oxazole rings is 1. The van der Waals surface area contributed by atoms with E-state index in [1.165, 1.54) is 0 Å². The number of hydrogen-bond acceptors (Lipinski definition) is 6. The van der Waals surface area contributed by atoms with Crippen LogP contribution in [0.4, 0.5) is 0 Å². The number of nitrogens with zero attached hydrogens (tertiary/aromatic N) is 1. The summed E-state index contributed by atoms with van der Waals surface area (Å²) in [6.45, 7) is 8.24. The van der Waals surface area contributed by atoms with Crippen molar-refractivity contribution in [2.24, 2.45) is 0 Å². The van der Waals surface area contributed by atoms with Crippen molar-refractivity contribution in [3.05, 3.63) is 12.5 Å². The summed E-state index contributed by atoms with van der Waals surface area (Å²) >= 11 is 1.60. The lowest BCUT2D eigenvalue weighted by atomic mass is 9.94. The Morgan fingerprint density at radius 2 is 2.29 bits per heavy atom. The Morgan fingerprint density at radius 3 is 2.86 bits per heavy atom. The Hall–Kier alpha value is -1.01. The third-order valence-corrected chi connectivity index (χ3v) is 3.98. The molecule has 0 aliphatic rings. The van der Waals surface area contributed by atoms with Crippen LogP contribution in [0.15, 0.2) is 22.1 Å². The summed E-state index contributed by atoms with van der Waals surface area (Å²) in [4.78, 5) is 16.2. The molecule has 21 heavy (non-hydrogen) atoms. The molecular weight excluding hydrogens is 288 g/mol. The standard InChI is InChI=1S/C15H26N2O3S/c1-5-19-13(18)15(4,17-12(2)3)8-6-7-11-21-14-16-9-10-20-14/h9-10,12,17H,5-8,11H2,1-4H3. The molecule has 0 saturated carbocycles. The maximum absolute atomic E-state index is 12.1. The lowest BCUT2D eigenvalue weighted by molar-refractivity contribution is -0.151. The van der Waals surface area contributed by atoms with Gasteiger partial charge in [0.2, 0.25) is 0 Å². The molecule has 0 bridgehead atoms. The van der Waals surface area contributed by atoms with Crippen molar-refractivity contribution in [2.75, 3.05) is 12.4 Å². The van der Waals surface area contributed by atoms with E-state index in [1.807, 2.05) is 27.7 Å². The minimum Gasteiger partial charge on any atom is -0.465 e. The number of carbonyl (C=O) groups is 1. The van der Waals surface area contributed by atoms with Gasteiger partial charge in [-0.15, -0.1) is 0 Å². The van der Waals surface area contributed by atoms with Crippen LogP contribution in [0.25, 0.3) is 0 Å². The van der Waals surface area contributed by atoms with Crippen molar-refractivity contribution in [3.63, 3.8) is 0 Å². The van der Waals surface area contributed by atoms with Crippen LogP contribution >= 0.6 is 11.8 Å². The Morgan fingerprint density at radius 1 is 1.52 bits per heavy atom. The number of nitrogens with one attached hydrogen (secondary N) is 1. The van der Waals surface area contributed by atoms with Crippen molar-refractivity contribution in [2.45, 2.75) is 63.8 Å². The fourth-order valence-corrected chi connectivity index (χ4v) is 2.96. The summed E-state index contributed by atoms with van der Waals surface area (Å²) in [6, 6.07) is 0.237. The highest BCUT2D eigenvalue weighted by atomic mass is 32.2. The monoisotopic (exact) mass is 314 g/mol. The van der Waals surface area contributed by atoms with Gasteiger partial charge in [0.15, 0.2) is 0 Å². The molecule has 0 aromatic carbocycles. The molecule has 1 heterocycles. The minimum atomic E-state index is -0.613. The summed E-state index contributed by atoms with van der Waals surface area (Å²) in [6.07, 6.45) is 5.93. The summed E-state index contributed by atoms with van der Waals surface area (Å²) in [5.41, 5.74) is -0.613. The van der Waals surface area contributed by atoms with Gasteiger partial charge >= 0.3 is 5.97 Å². The minimum absolute atomic E-state index is 0.168. The molecule has 1 N–H and O–H groups in total. The van der Waals surface area contributed by atoms with Gasteiger partial charge in [-0.25, -0.2) is 4.98 Å². The van der Waals surface area contributed by atoms with Crippen LogP contribution in [-0.2, 0) is 9.53 Å². The van der Waals surface area contributed by atoms with Gasteiger partial charge in [0, 0.05) is 11.8 Å². The highest BCUT2D eigenvalue weighted by Gasteiger charge is 2.34. The Balaban J connectivity index is 2.36. The summed E-state index contributed by atoms with van der Waals surface area (Å²) in [7, 11) is 0. The number of unbranched alkanes of at least 4 members (excludes halogenated alkanes) is 1. The molecule has 1 atom stereocenters. The van der Waals surface area contributed by atoms with E-state index in [4.69, 9.17) is 9.15 Å². The Bertz CT molecular complexity index is 409. The molecule has 120 valence electrons. The first kappa shape index (κ1) is 18.0. The molecule has 0 saturated heterocycles. The van der Waals surface area contributed by atoms with E-state index in [0.29, 0.717) is 11.8 Å². The van der Waals surface area contributed by atoms with Gasteiger partial charge in [0.25, 0.3) is 5.22 Å². The Labute approximate surface area is 131 Å². The Kier molecular flexibility index (Phi) is 7.82. The number of carbonyl (C=O) groups excluding carboxylic acids is 1.